The maximum absolute atomic E-state index is 13.8. The Kier molecular flexibility index (Phi) is 7.34. The number of hydrogen-bond donors (Lipinski definition) is 2. The van der Waals surface area contributed by atoms with Gasteiger partial charge in [-0.2, -0.15) is 0 Å². The van der Waals surface area contributed by atoms with Gasteiger partial charge in [0.2, 0.25) is 5.91 Å². The van der Waals surface area contributed by atoms with Crippen LogP contribution in [-0.2, 0) is 16.1 Å². The van der Waals surface area contributed by atoms with Crippen molar-refractivity contribution in [2.45, 2.75) is 18.5 Å². The molecule has 2 unspecified atom stereocenters. The fourth-order valence-corrected chi connectivity index (χ4v) is 4.45. The van der Waals surface area contributed by atoms with E-state index < -0.39 is 12.0 Å². The summed E-state index contributed by atoms with van der Waals surface area (Å²) in [4.78, 5) is 33.2. The van der Waals surface area contributed by atoms with Crippen LogP contribution in [0.25, 0.3) is 5.57 Å². The molecule has 0 radical (unpaired) electrons. The Labute approximate surface area is 199 Å². The number of nitrogens with one attached hydrogen (secondary N) is 1. The van der Waals surface area contributed by atoms with Crippen LogP contribution in [0, 0.1) is 0 Å². The molecular weight excluding hydrogens is 428 g/mol. The van der Waals surface area contributed by atoms with E-state index in [1.54, 1.807) is 30.5 Å². The van der Waals surface area contributed by atoms with Gasteiger partial charge in [0.25, 0.3) is 5.91 Å². The third-order valence-corrected chi connectivity index (χ3v) is 6.05. The zero-order chi connectivity index (χ0) is 23.9. The maximum atomic E-state index is 13.8. The quantitative estimate of drug-likeness (QED) is 0.543. The molecule has 2 atom stereocenters. The van der Waals surface area contributed by atoms with Gasteiger partial charge < -0.3 is 20.7 Å². The minimum atomic E-state index is -0.655. The zero-order valence-corrected chi connectivity index (χ0v) is 19.1. The van der Waals surface area contributed by atoms with Gasteiger partial charge in [0, 0.05) is 38.2 Å². The van der Waals surface area contributed by atoms with E-state index in [1.165, 1.54) is 6.20 Å². The molecule has 7 nitrogen and oxygen atoms in total. The van der Waals surface area contributed by atoms with E-state index in [-0.39, 0.29) is 11.8 Å². The predicted octanol–water partition coefficient (Wildman–Crippen LogP) is 2.95. The number of carbonyl (C=O) groups excluding carboxylic acids is 2. The van der Waals surface area contributed by atoms with Gasteiger partial charge >= 0.3 is 0 Å². The van der Waals surface area contributed by atoms with Crippen LogP contribution in [0.1, 0.15) is 33.0 Å². The smallest absolute Gasteiger partial charge is 0.254 e. The minimum absolute atomic E-state index is 0.149. The lowest BCUT2D eigenvalue weighted by molar-refractivity contribution is -0.123. The number of benzene rings is 2. The van der Waals surface area contributed by atoms with Crippen LogP contribution in [0.2, 0.25) is 0 Å². The summed E-state index contributed by atoms with van der Waals surface area (Å²) in [5.41, 5.74) is 9.80. The highest BCUT2D eigenvalue weighted by molar-refractivity contribution is 6.03. The number of carbonyl (C=O) groups is 2. The number of pyridine rings is 1. The van der Waals surface area contributed by atoms with Crippen molar-refractivity contribution in [1.29, 1.82) is 0 Å². The second-order valence-electron chi connectivity index (χ2n) is 8.07. The Morgan fingerprint density at radius 2 is 1.88 bits per heavy atom. The average molecular weight is 457 g/mol. The van der Waals surface area contributed by atoms with E-state index >= 15 is 0 Å². The van der Waals surface area contributed by atoms with Crippen molar-refractivity contribution >= 4 is 17.4 Å². The molecule has 0 saturated carbocycles. The molecule has 2 heterocycles. The fourth-order valence-electron chi connectivity index (χ4n) is 4.45. The molecule has 2 aromatic carbocycles. The number of nitrogens with two attached hydrogens (primary N) is 1. The molecule has 174 valence electrons. The van der Waals surface area contributed by atoms with Gasteiger partial charge in [-0.25, -0.2) is 0 Å². The van der Waals surface area contributed by atoms with Crippen molar-refractivity contribution in [3.05, 3.63) is 108 Å². The Hall–Kier alpha value is -3.97. The molecule has 1 aliphatic heterocycles. The second kappa shape index (κ2) is 10.8. The number of aromatic nitrogens is 1. The van der Waals surface area contributed by atoms with Gasteiger partial charge in [-0.1, -0.05) is 54.6 Å². The average Bonchev–Trinajstić information content (AvgIpc) is 2.89. The standard InChI is InChI=1S/C27H28N4O3/c1-34-15-14-31-25(23(16-28)20-9-3-2-4-10-20)24(21-11-5-6-12-22(21)27(31)33)26(32)30-18-19-8-7-13-29-17-19/h2-13,16-17,24-25H,14-15,18,28H2,1H3,(H,30,32)/b23-16+. The highest BCUT2D eigenvalue weighted by Crippen LogP contribution is 2.40. The molecule has 1 aliphatic rings. The molecule has 0 fully saturated rings. The molecular formula is C27H28N4O3. The van der Waals surface area contributed by atoms with E-state index in [9.17, 15) is 9.59 Å². The van der Waals surface area contributed by atoms with E-state index in [1.807, 2.05) is 60.7 Å². The van der Waals surface area contributed by atoms with Crippen molar-refractivity contribution in [3.8, 4) is 0 Å². The number of rotatable bonds is 8. The fraction of sp³-hybridized carbons (Fsp3) is 0.222. The third-order valence-electron chi connectivity index (χ3n) is 6.05. The third kappa shape index (κ3) is 4.70. The van der Waals surface area contributed by atoms with Crippen LogP contribution in [0.15, 0.2) is 85.3 Å². The summed E-state index contributed by atoms with van der Waals surface area (Å²) < 4.78 is 5.30. The minimum Gasteiger partial charge on any atom is -0.404 e. The van der Waals surface area contributed by atoms with Gasteiger partial charge in [0.1, 0.15) is 0 Å². The second-order valence-corrected chi connectivity index (χ2v) is 8.07. The number of fused-ring (bicyclic) bond motifs is 1. The lowest BCUT2D eigenvalue weighted by atomic mass is 9.77. The van der Waals surface area contributed by atoms with E-state index in [4.69, 9.17) is 10.5 Å². The van der Waals surface area contributed by atoms with Gasteiger partial charge in [-0.15, -0.1) is 0 Å². The van der Waals surface area contributed by atoms with Crippen LogP contribution in [0.5, 0.6) is 0 Å². The molecule has 1 aromatic heterocycles. The van der Waals surface area contributed by atoms with Crippen molar-refractivity contribution in [1.82, 2.24) is 15.2 Å². The van der Waals surface area contributed by atoms with Crippen LogP contribution >= 0.6 is 0 Å². The zero-order valence-electron chi connectivity index (χ0n) is 19.1. The highest BCUT2D eigenvalue weighted by Gasteiger charge is 2.45. The molecule has 34 heavy (non-hydrogen) atoms. The summed E-state index contributed by atoms with van der Waals surface area (Å²) in [6, 6.07) is 20.0. The number of methoxy groups -OCH3 is 1. The van der Waals surface area contributed by atoms with Gasteiger partial charge in [-0.3, -0.25) is 14.6 Å². The number of hydrogen-bond acceptors (Lipinski definition) is 5. The monoisotopic (exact) mass is 456 g/mol. The number of amides is 2. The molecule has 7 heteroatoms. The molecule has 0 aliphatic carbocycles. The Morgan fingerprint density at radius 1 is 1.12 bits per heavy atom. The Morgan fingerprint density at radius 3 is 2.59 bits per heavy atom. The molecule has 4 rings (SSSR count). The van der Waals surface area contributed by atoms with Crippen molar-refractivity contribution in [3.63, 3.8) is 0 Å². The van der Waals surface area contributed by atoms with Crippen molar-refractivity contribution in [2.24, 2.45) is 5.73 Å². The summed E-state index contributed by atoms with van der Waals surface area (Å²) in [7, 11) is 1.59. The molecule has 3 aromatic rings. The molecule has 2 amide bonds. The SMILES string of the molecule is COCCN1C(=O)c2ccccc2C(C(=O)NCc2cccnc2)C1/C(=C/N)c1ccccc1. The van der Waals surface area contributed by atoms with Crippen LogP contribution < -0.4 is 11.1 Å². The first kappa shape index (κ1) is 23.2. The Balaban J connectivity index is 1.79. The summed E-state index contributed by atoms with van der Waals surface area (Å²) in [5, 5.41) is 3.05. The number of nitrogens with zero attached hydrogens (tertiary/aromatic N) is 2. The first-order chi connectivity index (χ1) is 16.7. The first-order valence-corrected chi connectivity index (χ1v) is 11.2. The van der Waals surface area contributed by atoms with Gasteiger partial charge in [0.05, 0.1) is 18.6 Å². The molecule has 0 bridgehead atoms. The van der Waals surface area contributed by atoms with E-state index in [0.717, 1.165) is 11.1 Å². The Bertz CT molecular complexity index is 1160. The van der Waals surface area contributed by atoms with Gasteiger partial charge in [-0.05, 0) is 40.6 Å². The summed E-state index contributed by atoms with van der Waals surface area (Å²) in [6.07, 6.45) is 4.91. The normalized spacial score (nSPS) is 17.9. The molecule has 0 saturated heterocycles. The summed E-state index contributed by atoms with van der Waals surface area (Å²) in [5.74, 6) is -0.992. The lowest BCUT2D eigenvalue weighted by Gasteiger charge is -2.42. The number of ether oxygens (including phenoxy) is 1. The van der Waals surface area contributed by atoms with Crippen LogP contribution in [0.3, 0.4) is 0 Å². The lowest BCUT2D eigenvalue weighted by Crippen LogP contribution is -2.53. The van der Waals surface area contributed by atoms with Crippen molar-refractivity contribution in [2.75, 3.05) is 20.3 Å². The maximum Gasteiger partial charge on any atom is 0.254 e. The first-order valence-electron chi connectivity index (χ1n) is 11.2. The predicted molar refractivity (Wildman–Crippen MR) is 131 cm³/mol. The molecule has 3 N–H and O–H groups in total. The van der Waals surface area contributed by atoms with Crippen molar-refractivity contribution < 1.29 is 14.3 Å². The van der Waals surface area contributed by atoms with Gasteiger partial charge in [0.15, 0.2) is 0 Å². The van der Waals surface area contributed by atoms with Crippen LogP contribution in [0.4, 0.5) is 0 Å². The highest BCUT2D eigenvalue weighted by atomic mass is 16.5. The van der Waals surface area contributed by atoms with E-state index in [2.05, 4.69) is 10.3 Å². The molecule has 0 spiro atoms. The van der Waals surface area contributed by atoms with E-state index in [0.29, 0.717) is 36.4 Å². The largest absolute Gasteiger partial charge is 0.404 e. The summed E-state index contributed by atoms with van der Waals surface area (Å²) >= 11 is 0. The summed E-state index contributed by atoms with van der Waals surface area (Å²) in [6.45, 7) is 0.989. The topological polar surface area (TPSA) is 97.5 Å². The van der Waals surface area contributed by atoms with Crippen LogP contribution in [-0.4, -0.2) is 48.0 Å².